The molecule has 1 rings (SSSR count). The molecule has 0 heterocycles. The summed E-state index contributed by atoms with van der Waals surface area (Å²) in [6, 6.07) is 0. The van der Waals surface area contributed by atoms with Crippen LogP contribution in [0.2, 0.25) is 0 Å². The summed E-state index contributed by atoms with van der Waals surface area (Å²) in [5.41, 5.74) is 0. The molecule has 3 atom stereocenters. The van der Waals surface area contributed by atoms with Crippen molar-refractivity contribution >= 4 is 0 Å². The molecule has 0 radical (unpaired) electrons. The lowest BCUT2D eigenvalue weighted by Crippen LogP contribution is -3.00. The second-order valence-electron chi connectivity index (χ2n) is 9.79. The van der Waals surface area contributed by atoms with Crippen molar-refractivity contribution in [2.24, 2.45) is 17.8 Å². The number of unbranched alkanes of at least 4 members (excludes halogenated alkanes) is 7. The Morgan fingerprint density at radius 3 is 2.08 bits per heavy atom. The maximum atomic E-state index is 6.49. The zero-order valence-corrected chi connectivity index (χ0v) is 19.5. The van der Waals surface area contributed by atoms with E-state index in [9.17, 15) is 0 Å². The smallest absolute Gasteiger partial charge is 0.183 e. The van der Waals surface area contributed by atoms with Crippen LogP contribution in [0.5, 0.6) is 0 Å². The van der Waals surface area contributed by atoms with E-state index in [1.54, 1.807) is 0 Å². The Kier molecular flexibility index (Phi) is 14.4. The summed E-state index contributed by atoms with van der Waals surface area (Å²) in [4.78, 5) is 0. The van der Waals surface area contributed by atoms with Gasteiger partial charge in [0.25, 0.3) is 0 Å². The third-order valence-electron chi connectivity index (χ3n) is 6.22. The topological polar surface area (TPSA) is 9.23 Å². The van der Waals surface area contributed by atoms with Gasteiger partial charge in [-0.1, -0.05) is 72.6 Å². The van der Waals surface area contributed by atoms with Crippen molar-refractivity contribution in [1.82, 2.24) is 0 Å². The lowest BCUT2D eigenvalue weighted by molar-refractivity contribution is -0.911. The molecule has 0 saturated heterocycles. The molecule has 0 unspecified atom stereocenters. The fourth-order valence-corrected chi connectivity index (χ4v) is 4.34. The van der Waals surface area contributed by atoms with Crippen LogP contribution in [0.1, 0.15) is 98.3 Å². The van der Waals surface area contributed by atoms with Gasteiger partial charge in [0.15, 0.2) is 6.73 Å². The van der Waals surface area contributed by atoms with Gasteiger partial charge in [-0.2, -0.15) is 0 Å². The van der Waals surface area contributed by atoms with E-state index in [1.807, 2.05) is 0 Å². The van der Waals surface area contributed by atoms with Gasteiger partial charge in [0.2, 0.25) is 0 Å². The molecule has 0 aromatic carbocycles. The minimum absolute atomic E-state index is 0. The molecule has 0 aliphatic heterocycles. The Balaban J connectivity index is 0.00000625. The van der Waals surface area contributed by atoms with Crippen molar-refractivity contribution in [3.8, 4) is 0 Å². The number of rotatable bonds is 13. The Morgan fingerprint density at radius 1 is 0.923 bits per heavy atom. The van der Waals surface area contributed by atoms with Crippen molar-refractivity contribution in [1.29, 1.82) is 0 Å². The molecular formula is C23H48ClNO. The van der Waals surface area contributed by atoms with Crippen molar-refractivity contribution in [2.75, 3.05) is 27.4 Å². The van der Waals surface area contributed by atoms with E-state index in [1.165, 1.54) is 77.2 Å². The standard InChI is InChI=1S/C23H48NO.ClH/c1-7-8-9-10-11-12-13-14-17-24(5,6)19-25-23-18-21(4)15-16-22(23)20(2)3;/h20-23H,7-19H2,1-6H3;1H/q+1;/p-1/t21-,22+,23-;/m1./s1. The highest BCUT2D eigenvalue weighted by molar-refractivity contribution is 4.81. The van der Waals surface area contributed by atoms with Crippen LogP contribution in [0, 0.1) is 17.8 Å². The summed E-state index contributed by atoms with van der Waals surface area (Å²) in [6.45, 7) is 11.6. The van der Waals surface area contributed by atoms with Crippen LogP contribution in [0.15, 0.2) is 0 Å². The molecule has 1 aliphatic carbocycles. The van der Waals surface area contributed by atoms with Crippen molar-refractivity contribution in [3.05, 3.63) is 0 Å². The number of quaternary nitrogens is 1. The van der Waals surface area contributed by atoms with Gasteiger partial charge in [0.05, 0.1) is 26.7 Å². The molecule has 0 amide bonds. The Hall–Kier alpha value is 0.210. The van der Waals surface area contributed by atoms with Crippen LogP contribution in [0.3, 0.4) is 0 Å². The fourth-order valence-electron chi connectivity index (χ4n) is 4.34. The monoisotopic (exact) mass is 389 g/mol. The van der Waals surface area contributed by atoms with Crippen LogP contribution >= 0.6 is 0 Å². The maximum absolute atomic E-state index is 6.49. The van der Waals surface area contributed by atoms with Crippen LogP contribution in [0.25, 0.3) is 0 Å². The minimum atomic E-state index is 0. The van der Waals surface area contributed by atoms with Gasteiger partial charge in [-0.25, -0.2) is 0 Å². The van der Waals surface area contributed by atoms with E-state index in [2.05, 4.69) is 41.8 Å². The van der Waals surface area contributed by atoms with E-state index < -0.39 is 0 Å². The van der Waals surface area contributed by atoms with E-state index >= 15 is 0 Å². The first-order chi connectivity index (χ1) is 11.9. The summed E-state index contributed by atoms with van der Waals surface area (Å²) in [7, 11) is 4.69. The van der Waals surface area contributed by atoms with Gasteiger partial charge in [0.1, 0.15) is 0 Å². The molecule has 1 aliphatic rings. The van der Waals surface area contributed by atoms with Crippen LogP contribution in [0.4, 0.5) is 0 Å². The van der Waals surface area contributed by atoms with Gasteiger partial charge in [0, 0.05) is 0 Å². The fraction of sp³-hybridized carbons (Fsp3) is 1.00. The molecule has 1 fully saturated rings. The van der Waals surface area contributed by atoms with Gasteiger partial charge < -0.3 is 21.6 Å². The largest absolute Gasteiger partial charge is 1.00 e. The lowest BCUT2D eigenvalue weighted by Gasteiger charge is -2.39. The molecule has 0 aromatic heterocycles. The first-order valence-corrected chi connectivity index (χ1v) is 11.3. The quantitative estimate of drug-likeness (QED) is 0.265. The lowest BCUT2D eigenvalue weighted by atomic mass is 9.75. The molecule has 2 nitrogen and oxygen atoms in total. The van der Waals surface area contributed by atoms with Crippen molar-refractivity contribution < 1.29 is 21.6 Å². The average Bonchev–Trinajstić information content (AvgIpc) is 2.55. The van der Waals surface area contributed by atoms with Crippen molar-refractivity contribution in [3.63, 3.8) is 0 Å². The molecule has 0 bridgehead atoms. The summed E-state index contributed by atoms with van der Waals surface area (Å²) < 4.78 is 7.51. The van der Waals surface area contributed by atoms with Gasteiger partial charge in [-0.15, -0.1) is 0 Å². The maximum Gasteiger partial charge on any atom is 0.183 e. The highest BCUT2D eigenvalue weighted by Crippen LogP contribution is 2.35. The number of hydrogen-bond donors (Lipinski definition) is 0. The first-order valence-electron chi connectivity index (χ1n) is 11.3. The normalized spacial score (nSPS) is 23.9. The van der Waals surface area contributed by atoms with Gasteiger partial charge in [-0.3, -0.25) is 0 Å². The molecule has 0 aromatic rings. The van der Waals surface area contributed by atoms with Gasteiger partial charge >= 0.3 is 0 Å². The third-order valence-corrected chi connectivity index (χ3v) is 6.22. The van der Waals surface area contributed by atoms with E-state index in [-0.39, 0.29) is 12.4 Å². The SMILES string of the molecule is CCCCCCCCCC[N+](C)(C)CO[C@@H]1C[C@H](C)CC[C@H]1C(C)C.[Cl-]. The summed E-state index contributed by atoms with van der Waals surface area (Å²) in [5.74, 6) is 2.35. The summed E-state index contributed by atoms with van der Waals surface area (Å²) in [5, 5.41) is 0. The third kappa shape index (κ3) is 11.1. The molecule has 26 heavy (non-hydrogen) atoms. The minimum Gasteiger partial charge on any atom is -1.00 e. The zero-order chi connectivity index (χ0) is 18.7. The molecule has 158 valence electrons. The molecule has 0 spiro atoms. The highest BCUT2D eigenvalue weighted by atomic mass is 35.5. The Morgan fingerprint density at radius 2 is 1.50 bits per heavy atom. The van der Waals surface area contributed by atoms with E-state index in [0.29, 0.717) is 6.10 Å². The molecule has 1 saturated carbocycles. The van der Waals surface area contributed by atoms with Gasteiger partial charge in [-0.05, 0) is 43.4 Å². The predicted molar refractivity (Wildman–Crippen MR) is 111 cm³/mol. The molecule has 3 heteroatoms. The first kappa shape index (κ1) is 26.2. The highest BCUT2D eigenvalue weighted by Gasteiger charge is 2.32. The Labute approximate surface area is 171 Å². The zero-order valence-electron chi connectivity index (χ0n) is 18.7. The summed E-state index contributed by atoms with van der Waals surface area (Å²) >= 11 is 0. The summed E-state index contributed by atoms with van der Waals surface area (Å²) in [6.07, 6.45) is 15.7. The van der Waals surface area contributed by atoms with Crippen LogP contribution < -0.4 is 12.4 Å². The van der Waals surface area contributed by atoms with Crippen LogP contribution in [-0.2, 0) is 4.74 Å². The van der Waals surface area contributed by atoms with Crippen molar-refractivity contribution in [2.45, 2.75) is 104 Å². The number of ether oxygens (including phenoxy) is 1. The second-order valence-corrected chi connectivity index (χ2v) is 9.79. The number of hydrogen-bond acceptors (Lipinski definition) is 1. The number of nitrogens with zero attached hydrogens (tertiary/aromatic N) is 1. The molecule has 0 N–H and O–H groups in total. The Bertz CT molecular complexity index is 332. The van der Waals surface area contributed by atoms with E-state index in [0.717, 1.165) is 29.0 Å². The number of halogens is 1. The second kappa shape index (κ2) is 14.2. The average molecular weight is 390 g/mol. The van der Waals surface area contributed by atoms with Crippen LogP contribution in [-0.4, -0.2) is 38.0 Å². The predicted octanol–water partition coefficient (Wildman–Crippen LogP) is 3.64. The van der Waals surface area contributed by atoms with E-state index in [4.69, 9.17) is 4.74 Å². The molecular weight excluding hydrogens is 342 g/mol.